The van der Waals surface area contributed by atoms with Gasteiger partial charge >= 0.3 is 0 Å². The molecule has 5 aromatic carbocycles. The second kappa shape index (κ2) is 12.0. The molecular formula is C39H33AuN3O-2. The summed E-state index contributed by atoms with van der Waals surface area (Å²) in [5.74, 6) is 1.51. The number of nitrogens with zero attached hydrogens (tertiary/aromatic N) is 3. The Morgan fingerprint density at radius 1 is 0.705 bits per heavy atom. The smallest absolute Gasteiger partial charge is 0.148 e. The van der Waals surface area contributed by atoms with Gasteiger partial charge in [0.1, 0.15) is 11.6 Å². The number of imidazole rings is 1. The molecule has 0 saturated carbocycles. The van der Waals surface area contributed by atoms with Crippen molar-refractivity contribution >= 4 is 21.9 Å². The zero-order valence-corrected chi connectivity index (χ0v) is 27.3. The molecule has 223 valence electrons. The van der Waals surface area contributed by atoms with Crippen LogP contribution < -0.4 is 4.98 Å². The van der Waals surface area contributed by atoms with Crippen molar-refractivity contribution in [2.24, 2.45) is 0 Å². The van der Waals surface area contributed by atoms with E-state index >= 15 is 0 Å². The number of hydrogen-bond donors (Lipinski definition) is 1. The molecule has 1 N–H and O–H groups in total. The normalized spacial score (nSPS) is 11.5. The summed E-state index contributed by atoms with van der Waals surface area (Å²) in [7, 11) is 0. The molecular weight excluding hydrogens is 723 g/mol. The molecule has 1 radical (unpaired) electrons. The molecule has 0 spiro atoms. The van der Waals surface area contributed by atoms with Gasteiger partial charge in [0.2, 0.25) is 0 Å². The van der Waals surface area contributed by atoms with Gasteiger partial charge in [0.05, 0.1) is 22.3 Å². The average molecular weight is 757 g/mol. The summed E-state index contributed by atoms with van der Waals surface area (Å²) in [6.07, 6.45) is 0. The predicted molar refractivity (Wildman–Crippen MR) is 177 cm³/mol. The minimum Gasteiger partial charge on any atom is -0.692 e. The maximum Gasteiger partial charge on any atom is 0.148 e. The van der Waals surface area contributed by atoms with Crippen LogP contribution in [0.15, 0.2) is 109 Å². The van der Waals surface area contributed by atoms with Crippen LogP contribution in [0.5, 0.6) is 5.75 Å². The Labute approximate surface area is 273 Å². The number of aromatic nitrogens is 3. The zero-order valence-electron chi connectivity index (χ0n) is 25.1. The van der Waals surface area contributed by atoms with Gasteiger partial charge in [0.25, 0.3) is 0 Å². The van der Waals surface area contributed by atoms with Gasteiger partial charge in [-0.05, 0) is 46.5 Å². The van der Waals surface area contributed by atoms with E-state index in [2.05, 4.69) is 105 Å². The molecule has 0 bridgehead atoms. The van der Waals surface area contributed by atoms with E-state index in [1.165, 1.54) is 11.1 Å². The first-order chi connectivity index (χ1) is 20.9. The summed E-state index contributed by atoms with van der Waals surface area (Å²) in [5, 5.41) is 12.2. The fourth-order valence-electron chi connectivity index (χ4n) is 6.09. The summed E-state index contributed by atoms with van der Waals surface area (Å²) in [6, 6.07) is 40.5. The molecule has 7 rings (SSSR count). The Balaban J connectivity index is 0.00000343. The molecule has 0 amide bonds. The standard InChI is InChI=1S/C39H33N3O.Au/c1-24(2)29-16-10-17-30(25(3)4)38(29)42-35-20-11-18-31(37(35)41-39(42)32-15-6-8-21-36(32)43)26-13-9-14-27(22-26)34-23-28-12-5-7-19-33(28)40-34;/h5-21,23-25H,1-4H3,(H,41,43);/q-2;. The number of rotatable bonds is 6. The van der Waals surface area contributed by atoms with Crippen molar-refractivity contribution < 1.29 is 27.5 Å². The summed E-state index contributed by atoms with van der Waals surface area (Å²) in [6.45, 7) is 8.92. The number of aromatic hydroxyl groups is 1. The summed E-state index contributed by atoms with van der Waals surface area (Å²) < 4.78 is 2.26. The maximum atomic E-state index is 11.1. The Morgan fingerprint density at radius 3 is 2.07 bits per heavy atom. The van der Waals surface area contributed by atoms with Crippen LogP contribution in [-0.4, -0.2) is 14.7 Å². The van der Waals surface area contributed by atoms with E-state index in [0.29, 0.717) is 17.4 Å². The van der Waals surface area contributed by atoms with Crippen LogP contribution in [0.3, 0.4) is 0 Å². The van der Waals surface area contributed by atoms with E-state index in [9.17, 15) is 5.11 Å². The quantitative estimate of drug-likeness (QED) is 0.136. The van der Waals surface area contributed by atoms with Crippen molar-refractivity contribution in [2.75, 3.05) is 0 Å². The van der Waals surface area contributed by atoms with Gasteiger partial charge in [0.15, 0.2) is 0 Å². The van der Waals surface area contributed by atoms with E-state index < -0.39 is 0 Å². The molecule has 2 aromatic heterocycles. The fourth-order valence-corrected chi connectivity index (χ4v) is 6.09. The van der Waals surface area contributed by atoms with Crippen molar-refractivity contribution in [3.8, 4) is 45.2 Å². The molecule has 4 nitrogen and oxygen atoms in total. The van der Waals surface area contributed by atoms with E-state index in [1.807, 2.05) is 36.4 Å². The van der Waals surface area contributed by atoms with Crippen LogP contribution in [0, 0.1) is 6.07 Å². The first-order valence-corrected chi connectivity index (χ1v) is 14.9. The number of hydrogen-bond acceptors (Lipinski definition) is 2. The number of phenolic OH excluding ortho intramolecular Hbond substituents is 1. The second-order valence-electron chi connectivity index (χ2n) is 11.7. The molecule has 7 aromatic rings. The summed E-state index contributed by atoms with van der Waals surface area (Å²) in [4.78, 5) is 10.2. The third-order valence-electron chi connectivity index (χ3n) is 8.23. The average Bonchev–Trinajstić information content (AvgIpc) is 3.63. The van der Waals surface area contributed by atoms with Crippen molar-refractivity contribution in [3.63, 3.8) is 0 Å². The topological polar surface area (TPSA) is 52.1 Å². The molecule has 0 aliphatic carbocycles. The van der Waals surface area contributed by atoms with Crippen molar-refractivity contribution in [1.82, 2.24) is 14.5 Å². The molecule has 0 aliphatic heterocycles. The van der Waals surface area contributed by atoms with Gasteiger partial charge < -0.3 is 10.1 Å². The minimum atomic E-state index is 0. The van der Waals surface area contributed by atoms with E-state index in [1.54, 1.807) is 6.07 Å². The summed E-state index contributed by atoms with van der Waals surface area (Å²) >= 11 is 0. The predicted octanol–water partition coefficient (Wildman–Crippen LogP) is 9.89. The Kier molecular flexibility index (Phi) is 8.08. The molecule has 0 unspecified atom stereocenters. The number of phenols is 1. The van der Waals surface area contributed by atoms with Crippen LogP contribution in [0.4, 0.5) is 0 Å². The van der Waals surface area contributed by atoms with Gasteiger partial charge in [-0.3, -0.25) is 4.57 Å². The van der Waals surface area contributed by atoms with Crippen LogP contribution in [0.1, 0.15) is 50.7 Å². The first-order valence-electron chi connectivity index (χ1n) is 14.9. The Hall–Kier alpha value is -4.35. The molecule has 0 atom stereocenters. The molecule has 5 heteroatoms. The first kappa shape index (κ1) is 29.7. The Bertz CT molecular complexity index is 2060. The van der Waals surface area contributed by atoms with Crippen molar-refractivity contribution in [3.05, 3.63) is 126 Å². The largest absolute Gasteiger partial charge is 0.692 e. The molecule has 0 saturated heterocycles. The van der Waals surface area contributed by atoms with Gasteiger partial charge in [-0.2, -0.15) is 5.69 Å². The number of para-hydroxylation sites is 4. The SMILES string of the molecule is CC(C)c1cccc(C(C)C)c1-n1c(-c2ccccc2O)nc2c(-c3[c-]c(-c4cc5ccccc5[n-]4)ccc3)cccc21.[Au]. The summed E-state index contributed by atoms with van der Waals surface area (Å²) in [5.41, 5.74) is 10.9. The van der Waals surface area contributed by atoms with E-state index in [0.717, 1.165) is 55.8 Å². The Morgan fingerprint density at radius 2 is 1.34 bits per heavy atom. The van der Waals surface area contributed by atoms with Crippen LogP contribution >= 0.6 is 0 Å². The van der Waals surface area contributed by atoms with Crippen molar-refractivity contribution in [2.45, 2.75) is 39.5 Å². The van der Waals surface area contributed by atoms with Crippen molar-refractivity contribution in [1.29, 1.82) is 0 Å². The van der Waals surface area contributed by atoms with Gasteiger partial charge in [0, 0.05) is 22.4 Å². The van der Waals surface area contributed by atoms with E-state index in [-0.39, 0.29) is 28.1 Å². The van der Waals surface area contributed by atoms with Crippen LogP contribution in [0.25, 0.3) is 61.4 Å². The van der Waals surface area contributed by atoms with Gasteiger partial charge in [-0.25, -0.2) is 4.98 Å². The molecule has 2 heterocycles. The fraction of sp³-hybridized carbons (Fsp3) is 0.154. The monoisotopic (exact) mass is 756 g/mol. The molecule has 0 aliphatic rings. The number of fused-ring (bicyclic) bond motifs is 2. The van der Waals surface area contributed by atoms with E-state index in [4.69, 9.17) is 9.97 Å². The third-order valence-corrected chi connectivity index (χ3v) is 8.23. The minimum absolute atomic E-state index is 0. The van der Waals surface area contributed by atoms with Crippen LogP contribution in [-0.2, 0) is 22.4 Å². The molecule has 0 fully saturated rings. The zero-order chi connectivity index (χ0) is 29.7. The maximum absolute atomic E-state index is 11.1. The van der Waals surface area contributed by atoms with Gasteiger partial charge in [-0.15, -0.1) is 47.0 Å². The third kappa shape index (κ3) is 5.09. The second-order valence-corrected chi connectivity index (χ2v) is 11.7. The number of benzene rings is 5. The van der Waals surface area contributed by atoms with Crippen LogP contribution in [0.2, 0.25) is 0 Å². The molecule has 44 heavy (non-hydrogen) atoms. The van der Waals surface area contributed by atoms with Gasteiger partial charge in [-0.1, -0.05) is 100.0 Å².